The van der Waals surface area contributed by atoms with Gasteiger partial charge in [0.15, 0.2) is 0 Å². The van der Waals surface area contributed by atoms with Crippen molar-refractivity contribution >= 4 is 22.1 Å². The average Bonchev–Trinajstić information content (AvgIpc) is 2.55. The Bertz CT molecular complexity index is 963. The molecule has 0 aliphatic carbocycles. The lowest BCUT2D eigenvalue weighted by Crippen LogP contribution is -2.11. The minimum Gasteiger partial charge on any atom is -0.372 e. The van der Waals surface area contributed by atoms with Gasteiger partial charge in [0.25, 0.3) is 11.2 Å². The predicted molar refractivity (Wildman–Crippen MR) is 88.8 cm³/mol. The van der Waals surface area contributed by atoms with Crippen molar-refractivity contribution in [1.29, 1.82) is 0 Å². The summed E-state index contributed by atoms with van der Waals surface area (Å²) in [6.07, 6.45) is 0. The van der Waals surface area contributed by atoms with Crippen LogP contribution in [0, 0.1) is 10.1 Å². The van der Waals surface area contributed by atoms with Gasteiger partial charge in [0.2, 0.25) is 0 Å². The first-order valence-electron chi connectivity index (χ1n) is 6.92. The molecule has 0 amide bonds. The molecule has 0 fully saturated rings. The summed E-state index contributed by atoms with van der Waals surface area (Å²) < 4.78 is 0. The zero-order valence-corrected chi connectivity index (χ0v) is 12.6. The van der Waals surface area contributed by atoms with Crippen molar-refractivity contribution in [2.75, 3.05) is 19.0 Å². The van der Waals surface area contributed by atoms with Crippen molar-refractivity contribution in [3.05, 3.63) is 62.9 Å². The lowest BCUT2D eigenvalue weighted by molar-refractivity contribution is -0.384. The zero-order chi connectivity index (χ0) is 16.6. The molecule has 0 unspecified atom stereocenters. The third kappa shape index (κ3) is 2.52. The van der Waals surface area contributed by atoms with Gasteiger partial charge in [0.1, 0.15) is 5.69 Å². The molecular formula is C16H14N4O3. The number of nitro groups is 1. The second kappa shape index (κ2) is 5.53. The fourth-order valence-corrected chi connectivity index (χ4v) is 2.53. The van der Waals surface area contributed by atoms with E-state index < -0.39 is 4.92 Å². The van der Waals surface area contributed by atoms with E-state index >= 15 is 0 Å². The van der Waals surface area contributed by atoms with E-state index in [-0.39, 0.29) is 11.2 Å². The number of nitro benzene ring substituents is 1. The van der Waals surface area contributed by atoms with Crippen LogP contribution < -0.4 is 10.5 Å². The van der Waals surface area contributed by atoms with Crippen LogP contribution in [0.2, 0.25) is 0 Å². The van der Waals surface area contributed by atoms with Gasteiger partial charge in [-0.1, -0.05) is 24.3 Å². The molecule has 1 aromatic heterocycles. The van der Waals surface area contributed by atoms with Crippen LogP contribution in [0.5, 0.6) is 0 Å². The van der Waals surface area contributed by atoms with E-state index in [1.54, 1.807) is 55.4 Å². The molecule has 23 heavy (non-hydrogen) atoms. The van der Waals surface area contributed by atoms with Gasteiger partial charge in [-0.15, -0.1) is 0 Å². The molecule has 7 nitrogen and oxygen atoms in total. The van der Waals surface area contributed by atoms with Crippen LogP contribution in [-0.4, -0.2) is 29.2 Å². The van der Waals surface area contributed by atoms with E-state index in [9.17, 15) is 14.9 Å². The van der Waals surface area contributed by atoms with Gasteiger partial charge in [-0.3, -0.25) is 14.9 Å². The normalized spacial score (nSPS) is 10.7. The Kier molecular flexibility index (Phi) is 3.53. The molecule has 3 rings (SSSR count). The highest BCUT2D eigenvalue weighted by molar-refractivity contribution is 5.94. The summed E-state index contributed by atoms with van der Waals surface area (Å²) in [5, 5.41) is 19.0. The SMILES string of the molecule is CN(C)c1ccc(-c2n[nH]c(=O)c3ccccc23)cc1[N+](=O)[O-]. The van der Waals surface area contributed by atoms with Crippen molar-refractivity contribution in [2.45, 2.75) is 0 Å². The number of nitrogens with one attached hydrogen (secondary N) is 1. The molecule has 1 N–H and O–H groups in total. The molecule has 0 aliphatic heterocycles. The number of H-pyrrole nitrogens is 1. The monoisotopic (exact) mass is 310 g/mol. The number of benzene rings is 2. The Morgan fingerprint density at radius 1 is 1.13 bits per heavy atom. The van der Waals surface area contributed by atoms with E-state index in [1.165, 1.54) is 6.07 Å². The van der Waals surface area contributed by atoms with Crippen molar-refractivity contribution in [3.63, 3.8) is 0 Å². The number of hydrogen-bond donors (Lipinski definition) is 1. The van der Waals surface area contributed by atoms with E-state index in [1.807, 2.05) is 0 Å². The van der Waals surface area contributed by atoms with E-state index in [0.717, 1.165) is 0 Å². The molecule has 1 heterocycles. The molecule has 0 spiro atoms. The summed E-state index contributed by atoms with van der Waals surface area (Å²) in [5.74, 6) is 0. The second-order valence-corrected chi connectivity index (χ2v) is 5.30. The molecule has 0 saturated heterocycles. The standard InChI is InChI=1S/C16H14N4O3/c1-19(2)13-8-7-10(9-14(13)20(22)23)15-11-5-3-4-6-12(11)16(21)18-17-15/h3-9H,1-2H3,(H,18,21). The topological polar surface area (TPSA) is 92.1 Å². The number of fused-ring (bicyclic) bond motifs is 1. The summed E-state index contributed by atoms with van der Waals surface area (Å²) in [5.41, 5.74) is 1.30. The van der Waals surface area contributed by atoms with E-state index in [2.05, 4.69) is 10.2 Å². The highest BCUT2D eigenvalue weighted by atomic mass is 16.6. The number of anilines is 1. The molecule has 3 aromatic rings. The summed E-state index contributed by atoms with van der Waals surface area (Å²) in [4.78, 5) is 24.4. The Morgan fingerprint density at radius 3 is 2.48 bits per heavy atom. The maximum absolute atomic E-state index is 11.8. The molecule has 0 saturated carbocycles. The lowest BCUT2D eigenvalue weighted by Gasteiger charge is -2.13. The smallest absolute Gasteiger partial charge is 0.293 e. The third-order valence-corrected chi connectivity index (χ3v) is 3.62. The second-order valence-electron chi connectivity index (χ2n) is 5.30. The summed E-state index contributed by atoms with van der Waals surface area (Å²) >= 11 is 0. The highest BCUT2D eigenvalue weighted by Gasteiger charge is 2.18. The predicted octanol–water partition coefficient (Wildman–Crippen LogP) is 2.56. The number of aromatic nitrogens is 2. The van der Waals surface area contributed by atoms with Gasteiger partial charge in [0, 0.05) is 31.1 Å². The lowest BCUT2D eigenvalue weighted by atomic mass is 10.0. The minimum atomic E-state index is -0.424. The molecule has 0 atom stereocenters. The quantitative estimate of drug-likeness (QED) is 0.593. The van der Waals surface area contributed by atoms with Crippen LogP contribution in [0.25, 0.3) is 22.0 Å². The Morgan fingerprint density at radius 2 is 1.83 bits per heavy atom. The first kappa shape index (κ1) is 14.7. The van der Waals surface area contributed by atoms with Gasteiger partial charge >= 0.3 is 0 Å². The van der Waals surface area contributed by atoms with Crippen LogP contribution in [0.3, 0.4) is 0 Å². The van der Waals surface area contributed by atoms with Gasteiger partial charge in [-0.2, -0.15) is 5.10 Å². The molecule has 7 heteroatoms. The number of hydrogen-bond acceptors (Lipinski definition) is 5. The molecule has 0 aliphatic rings. The number of nitrogens with zero attached hydrogens (tertiary/aromatic N) is 3. The van der Waals surface area contributed by atoms with Crippen LogP contribution in [0.15, 0.2) is 47.3 Å². The Labute approximate surface area is 131 Å². The fraction of sp³-hybridized carbons (Fsp3) is 0.125. The van der Waals surface area contributed by atoms with Crippen LogP contribution in [-0.2, 0) is 0 Å². The van der Waals surface area contributed by atoms with Crippen LogP contribution >= 0.6 is 0 Å². The summed E-state index contributed by atoms with van der Waals surface area (Å²) in [7, 11) is 3.49. The van der Waals surface area contributed by atoms with Gasteiger partial charge in [0.05, 0.1) is 16.0 Å². The molecule has 2 aromatic carbocycles. The maximum Gasteiger partial charge on any atom is 0.293 e. The van der Waals surface area contributed by atoms with Crippen LogP contribution in [0.4, 0.5) is 11.4 Å². The Balaban J connectivity index is 2.28. The Hall–Kier alpha value is -3.22. The van der Waals surface area contributed by atoms with Crippen molar-refractivity contribution in [2.24, 2.45) is 0 Å². The largest absolute Gasteiger partial charge is 0.372 e. The summed E-state index contributed by atoms with van der Waals surface area (Å²) in [6.45, 7) is 0. The zero-order valence-electron chi connectivity index (χ0n) is 12.6. The average molecular weight is 310 g/mol. The van der Waals surface area contributed by atoms with E-state index in [4.69, 9.17) is 0 Å². The maximum atomic E-state index is 11.8. The first-order chi connectivity index (χ1) is 11.0. The molecule has 0 radical (unpaired) electrons. The van der Waals surface area contributed by atoms with Crippen molar-refractivity contribution < 1.29 is 4.92 Å². The van der Waals surface area contributed by atoms with E-state index in [0.29, 0.717) is 27.7 Å². The van der Waals surface area contributed by atoms with Crippen LogP contribution in [0.1, 0.15) is 0 Å². The molecule has 0 bridgehead atoms. The number of aromatic amines is 1. The molecule has 116 valence electrons. The third-order valence-electron chi connectivity index (χ3n) is 3.62. The minimum absolute atomic E-state index is 0.00965. The highest BCUT2D eigenvalue weighted by Crippen LogP contribution is 2.33. The van der Waals surface area contributed by atoms with Crippen molar-refractivity contribution in [1.82, 2.24) is 10.2 Å². The first-order valence-corrected chi connectivity index (χ1v) is 6.92. The molecular weight excluding hydrogens is 296 g/mol. The number of rotatable bonds is 3. The van der Waals surface area contributed by atoms with Gasteiger partial charge < -0.3 is 4.90 Å². The summed E-state index contributed by atoms with van der Waals surface area (Å²) in [6, 6.07) is 11.9. The fourth-order valence-electron chi connectivity index (χ4n) is 2.53. The van der Waals surface area contributed by atoms with Gasteiger partial charge in [-0.05, 0) is 12.1 Å². The van der Waals surface area contributed by atoms with Crippen molar-refractivity contribution in [3.8, 4) is 11.3 Å². The van der Waals surface area contributed by atoms with Gasteiger partial charge in [-0.25, -0.2) is 5.10 Å².